The normalized spacial score (nSPS) is 23.3. The Morgan fingerprint density at radius 1 is 1.72 bits per heavy atom. The maximum absolute atomic E-state index is 12.1. The number of hydrogen-bond donors (Lipinski definition) is 2. The van der Waals surface area contributed by atoms with Gasteiger partial charge in [0, 0.05) is 25.5 Å². The lowest BCUT2D eigenvalue weighted by Gasteiger charge is -2.21. The van der Waals surface area contributed by atoms with Crippen LogP contribution in [0.1, 0.15) is 29.4 Å². The van der Waals surface area contributed by atoms with Gasteiger partial charge in [-0.15, -0.1) is 0 Å². The Balaban J connectivity index is 1.99. The van der Waals surface area contributed by atoms with Crippen LogP contribution in [-0.2, 0) is 13.5 Å². The molecule has 1 amide bonds. The van der Waals surface area contributed by atoms with Gasteiger partial charge in [0.05, 0.1) is 16.9 Å². The number of hydrogen-bond acceptors (Lipinski definition) is 4. The van der Waals surface area contributed by atoms with Gasteiger partial charge < -0.3 is 10.4 Å². The first-order chi connectivity index (χ1) is 8.54. The van der Waals surface area contributed by atoms with Crippen LogP contribution in [0.4, 0.5) is 0 Å². The smallest absolute Gasteiger partial charge is 0.254 e. The maximum Gasteiger partial charge on any atom is 0.254 e. The van der Waals surface area contributed by atoms with Crippen LogP contribution < -0.4 is 5.32 Å². The van der Waals surface area contributed by atoms with Gasteiger partial charge in [-0.05, 0) is 18.6 Å². The van der Waals surface area contributed by atoms with Crippen molar-refractivity contribution in [1.29, 1.82) is 0 Å². The largest absolute Gasteiger partial charge is 0.387 e. The van der Waals surface area contributed by atoms with E-state index in [1.165, 1.54) is 0 Å². The molecule has 6 heteroatoms. The van der Waals surface area contributed by atoms with Crippen LogP contribution in [-0.4, -0.2) is 44.4 Å². The second-order valence-electron chi connectivity index (χ2n) is 4.73. The lowest BCUT2D eigenvalue weighted by atomic mass is 10.0. The molecule has 0 aliphatic carbocycles. The molecule has 2 N–H and O–H groups in total. The Hall–Kier alpha value is -1.01. The van der Waals surface area contributed by atoms with Crippen LogP contribution in [0.25, 0.3) is 0 Å². The summed E-state index contributed by atoms with van der Waals surface area (Å²) in [5, 5.41) is 17.2. The van der Waals surface area contributed by atoms with E-state index < -0.39 is 5.60 Å². The summed E-state index contributed by atoms with van der Waals surface area (Å²) in [6, 6.07) is 0. The van der Waals surface area contributed by atoms with Crippen LogP contribution >= 0.6 is 11.8 Å². The number of nitrogens with one attached hydrogen (secondary N) is 1. The summed E-state index contributed by atoms with van der Waals surface area (Å²) >= 11 is 1.72. The van der Waals surface area contributed by atoms with E-state index in [1.54, 1.807) is 29.7 Å². The molecule has 1 aliphatic heterocycles. The van der Waals surface area contributed by atoms with E-state index in [1.807, 2.05) is 6.92 Å². The number of nitrogens with zero attached hydrogens (tertiary/aromatic N) is 2. The van der Waals surface area contributed by atoms with Crippen LogP contribution in [0.3, 0.4) is 0 Å². The van der Waals surface area contributed by atoms with E-state index in [-0.39, 0.29) is 5.91 Å². The third kappa shape index (κ3) is 2.87. The van der Waals surface area contributed by atoms with Crippen molar-refractivity contribution in [3.8, 4) is 0 Å². The minimum Gasteiger partial charge on any atom is -0.387 e. The van der Waals surface area contributed by atoms with Crippen molar-refractivity contribution in [2.24, 2.45) is 7.05 Å². The number of thioether (sulfide) groups is 1. The quantitative estimate of drug-likeness (QED) is 0.839. The molecule has 100 valence electrons. The monoisotopic (exact) mass is 269 g/mol. The van der Waals surface area contributed by atoms with E-state index in [2.05, 4.69) is 10.4 Å². The standard InChI is InChI=1S/C12H19N3O2S/c1-3-10-9(6-15(2)14-10)11(16)13-7-12(17)4-5-18-8-12/h6,17H,3-5,7-8H2,1-2H3,(H,13,16). The molecule has 1 aromatic rings. The minimum absolute atomic E-state index is 0.148. The van der Waals surface area contributed by atoms with Gasteiger partial charge in [0.2, 0.25) is 0 Å². The molecule has 0 spiro atoms. The molecule has 1 unspecified atom stereocenters. The Labute approximate surface area is 111 Å². The summed E-state index contributed by atoms with van der Waals surface area (Å²) < 4.78 is 1.65. The number of amides is 1. The van der Waals surface area contributed by atoms with Crippen molar-refractivity contribution in [3.63, 3.8) is 0 Å². The van der Waals surface area contributed by atoms with Gasteiger partial charge in [0.1, 0.15) is 0 Å². The van der Waals surface area contributed by atoms with Crippen molar-refractivity contribution in [1.82, 2.24) is 15.1 Å². The van der Waals surface area contributed by atoms with Crippen molar-refractivity contribution in [2.45, 2.75) is 25.4 Å². The molecule has 5 nitrogen and oxygen atoms in total. The SMILES string of the molecule is CCc1nn(C)cc1C(=O)NCC1(O)CCSC1. The lowest BCUT2D eigenvalue weighted by Crippen LogP contribution is -2.43. The highest BCUT2D eigenvalue weighted by molar-refractivity contribution is 7.99. The number of carbonyl (C=O) groups excluding carboxylic acids is 1. The number of aromatic nitrogens is 2. The van der Waals surface area contributed by atoms with Gasteiger partial charge in [-0.2, -0.15) is 16.9 Å². The minimum atomic E-state index is -0.741. The highest BCUT2D eigenvalue weighted by Crippen LogP contribution is 2.27. The zero-order chi connectivity index (χ0) is 13.2. The second kappa shape index (κ2) is 5.32. The lowest BCUT2D eigenvalue weighted by molar-refractivity contribution is 0.0612. The average Bonchev–Trinajstić information content (AvgIpc) is 2.93. The first-order valence-corrected chi connectivity index (χ1v) is 7.30. The summed E-state index contributed by atoms with van der Waals surface area (Å²) in [4.78, 5) is 12.1. The average molecular weight is 269 g/mol. The van der Waals surface area contributed by atoms with E-state index in [4.69, 9.17) is 0 Å². The summed E-state index contributed by atoms with van der Waals surface area (Å²) in [5.41, 5.74) is 0.659. The third-order valence-corrected chi connectivity index (χ3v) is 4.38. The number of aliphatic hydroxyl groups is 1. The Kier molecular flexibility index (Phi) is 3.97. The van der Waals surface area contributed by atoms with Gasteiger partial charge in [0.25, 0.3) is 5.91 Å². The first kappa shape index (κ1) is 13.4. The molecule has 0 aromatic carbocycles. The van der Waals surface area contributed by atoms with E-state index >= 15 is 0 Å². The Morgan fingerprint density at radius 3 is 3.11 bits per heavy atom. The highest BCUT2D eigenvalue weighted by atomic mass is 32.2. The topological polar surface area (TPSA) is 67.2 Å². The van der Waals surface area contributed by atoms with Crippen LogP contribution in [0.2, 0.25) is 0 Å². The first-order valence-electron chi connectivity index (χ1n) is 6.15. The molecule has 1 aromatic heterocycles. The molecule has 2 rings (SSSR count). The zero-order valence-electron chi connectivity index (χ0n) is 10.8. The van der Waals surface area contributed by atoms with Crippen LogP contribution in [0.5, 0.6) is 0 Å². The predicted octanol–water partition coefficient (Wildman–Crippen LogP) is 0.580. The van der Waals surface area contributed by atoms with Gasteiger partial charge in [0.15, 0.2) is 0 Å². The van der Waals surface area contributed by atoms with Gasteiger partial charge >= 0.3 is 0 Å². The molecule has 0 radical (unpaired) electrons. The molecule has 18 heavy (non-hydrogen) atoms. The fourth-order valence-corrected chi connectivity index (χ4v) is 3.36. The molecular weight excluding hydrogens is 250 g/mol. The van der Waals surface area contributed by atoms with Crippen molar-refractivity contribution >= 4 is 17.7 Å². The fraction of sp³-hybridized carbons (Fsp3) is 0.667. The Bertz CT molecular complexity index is 439. The predicted molar refractivity (Wildman–Crippen MR) is 71.8 cm³/mol. The molecule has 1 aliphatic rings. The maximum atomic E-state index is 12.1. The van der Waals surface area contributed by atoms with Crippen LogP contribution in [0.15, 0.2) is 6.20 Å². The van der Waals surface area contributed by atoms with Crippen molar-refractivity contribution in [3.05, 3.63) is 17.5 Å². The van der Waals surface area contributed by atoms with Gasteiger partial charge in [-0.25, -0.2) is 0 Å². The highest BCUT2D eigenvalue weighted by Gasteiger charge is 2.32. The summed E-state index contributed by atoms with van der Waals surface area (Å²) in [6.07, 6.45) is 3.19. The van der Waals surface area contributed by atoms with Gasteiger partial charge in [-0.3, -0.25) is 9.48 Å². The summed E-state index contributed by atoms with van der Waals surface area (Å²) in [7, 11) is 1.80. The van der Waals surface area contributed by atoms with E-state index in [9.17, 15) is 9.90 Å². The summed E-state index contributed by atoms with van der Waals surface area (Å²) in [6.45, 7) is 2.29. The molecule has 1 fully saturated rings. The van der Waals surface area contributed by atoms with Crippen LogP contribution in [0, 0.1) is 0 Å². The molecule has 1 saturated heterocycles. The Morgan fingerprint density at radius 2 is 2.50 bits per heavy atom. The molecule has 2 heterocycles. The van der Waals surface area contributed by atoms with Crippen molar-refractivity contribution < 1.29 is 9.90 Å². The number of rotatable bonds is 4. The number of carbonyl (C=O) groups is 1. The van der Waals surface area contributed by atoms with Gasteiger partial charge in [-0.1, -0.05) is 6.92 Å². The van der Waals surface area contributed by atoms with E-state index in [0.717, 1.165) is 24.3 Å². The van der Waals surface area contributed by atoms with Crippen molar-refractivity contribution in [2.75, 3.05) is 18.1 Å². The van der Waals surface area contributed by atoms with E-state index in [0.29, 0.717) is 17.9 Å². The third-order valence-electron chi connectivity index (χ3n) is 3.15. The zero-order valence-corrected chi connectivity index (χ0v) is 11.6. The fourth-order valence-electron chi connectivity index (χ4n) is 2.06. The molecule has 0 bridgehead atoms. The second-order valence-corrected chi connectivity index (χ2v) is 5.83. The summed E-state index contributed by atoms with van der Waals surface area (Å²) in [5.74, 6) is 1.51. The number of aryl methyl sites for hydroxylation is 2. The molecular formula is C12H19N3O2S. The molecule has 0 saturated carbocycles. The molecule has 1 atom stereocenters.